The molecule has 0 aliphatic carbocycles. The molecule has 0 fully saturated rings. The summed E-state index contributed by atoms with van der Waals surface area (Å²) >= 11 is 0. The van der Waals surface area contributed by atoms with E-state index in [2.05, 4.69) is 17.3 Å². The molecule has 1 unspecified atom stereocenters. The highest BCUT2D eigenvalue weighted by atomic mass is 16.1. The van der Waals surface area contributed by atoms with Crippen LogP contribution in [0.3, 0.4) is 0 Å². The number of hydrogen-bond donors (Lipinski definition) is 2. The van der Waals surface area contributed by atoms with Gasteiger partial charge in [-0.2, -0.15) is 5.10 Å². The number of unbranched alkanes of at least 4 members (excludes halogenated alkanes) is 1. The molecule has 2 rings (SSSR count). The Morgan fingerprint density at radius 1 is 1.30 bits per heavy atom. The minimum atomic E-state index is -0.0891. The van der Waals surface area contributed by atoms with Crippen LogP contribution >= 0.6 is 0 Å². The van der Waals surface area contributed by atoms with Crippen molar-refractivity contribution in [2.24, 2.45) is 5.73 Å². The molecule has 0 spiro atoms. The summed E-state index contributed by atoms with van der Waals surface area (Å²) in [5, 5.41) is 7.57. The SMILES string of the molecule is CCCCC(CN)NC(=O)c1c(C)nn(-c2ccccc2)c1C. The van der Waals surface area contributed by atoms with Gasteiger partial charge in [0.15, 0.2) is 0 Å². The molecule has 0 aliphatic rings. The fourth-order valence-electron chi connectivity index (χ4n) is 2.75. The average Bonchev–Trinajstić information content (AvgIpc) is 2.86. The number of nitrogens with zero attached hydrogens (tertiary/aromatic N) is 2. The molecule has 1 heterocycles. The number of carbonyl (C=O) groups is 1. The first-order chi connectivity index (χ1) is 11.1. The number of hydrogen-bond acceptors (Lipinski definition) is 3. The predicted octanol–water partition coefficient (Wildman–Crippen LogP) is 2.74. The Morgan fingerprint density at radius 3 is 2.61 bits per heavy atom. The Bertz CT molecular complexity index is 649. The molecule has 2 aromatic rings. The Labute approximate surface area is 137 Å². The highest BCUT2D eigenvalue weighted by molar-refractivity contribution is 5.96. The molecule has 0 saturated heterocycles. The lowest BCUT2D eigenvalue weighted by atomic mass is 10.1. The van der Waals surface area contributed by atoms with Crippen LogP contribution in [-0.4, -0.2) is 28.3 Å². The third kappa shape index (κ3) is 3.99. The van der Waals surface area contributed by atoms with E-state index >= 15 is 0 Å². The van der Waals surface area contributed by atoms with Gasteiger partial charge in [0, 0.05) is 12.6 Å². The summed E-state index contributed by atoms with van der Waals surface area (Å²) in [4.78, 5) is 12.6. The van der Waals surface area contributed by atoms with E-state index in [1.54, 1.807) is 0 Å². The van der Waals surface area contributed by atoms with Crippen molar-refractivity contribution >= 4 is 5.91 Å². The normalized spacial score (nSPS) is 12.2. The number of benzene rings is 1. The van der Waals surface area contributed by atoms with Gasteiger partial charge in [0.05, 0.1) is 22.6 Å². The number of rotatable bonds is 7. The minimum Gasteiger partial charge on any atom is -0.348 e. The van der Waals surface area contributed by atoms with E-state index in [9.17, 15) is 4.79 Å². The Balaban J connectivity index is 2.23. The van der Waals surface area contributed by atoms with Gasteiger partial charge in [-0.25, -0.2) is 4.68 Å². The van der Waals surface area contributed by atoms with Crippen LogP contribution in [-0.2, 0) is 0 Å². The lowest BCUT2D eigenvalue weighted by Gasteiger charge is -2.16. The van der Waals surface area contributed by atoms with Crippen molar-refractivity contribution in [3.05, 3.63) is 47.3 Å². The minimum absolute atomic E-state index is 0.0151. The highest BCUT2D eigenvalue weighted by Gasteiger charge is 2.21. The van der Waals surface area contributed by atoms with Crippen LogP contribution in [0.15, 0.2) is 30.3 Å². The first-order valence-corrected chi connectivity index (χ1v) is 8.21. The second-order valence-corrected chi connectivity index (χ2v) is 5.84. The largest absolute Gasteiger partial charge is 0.348 e. The first-order valence-electron chi connectivity index (χ1n) is 8.21. The summed E-state index contributed by atoms with van der Waals surface area (Å²) in [6.45, 7) is 6.38. The number of aromatic nitrogens is 2. The molecule has 3 N–H and O–H groups in total. The number of aryl methyl sites for hydroxylation is 1. The van der Waals surface area contributed by atoms with Gasteiger partial charge in [-0.1, -0.05) is 38.0 Å². The van der Waals surface area contributed by atoms with Gasteiger partial charge in [-0.15, -0.1) is 0 Å². The molecule has 1 aromatic heterocycles. The van der Waals surface area contributed by atoms with Crippen LogP contribution in [0.4, 0.5) is 0 Å². The smallest absolute Gasteiger partial charge is 0.255 e. The molecule has 1 amide bonds. The zero-order valence-electron chi connectivity index (χ0n) is 14.2. The molecular formula is C18H26N4O. The second kappa shape index (κ2) is 7.92. The maximum absolute atomic E-state index is 12.6. The van der Waals surface area contributed by atoms with Gasteiger partial charge < -0.3 is 11.1 Å². The number of carbonyl (C=O) groups excluding carboxylic acids is 1. The fourth-order valence-corrected chi connectivity index (χ4v) is 2.75. The maximum atomic E-state index is 12.6. The summed E-state index contributed by atoms with van der Waals surface area (Å²) in [5.74, 6) is -0.0891. The van der Waals surface area contributed by atoms with Crippen LogP contribution in [0.25, 0.3) is 5.69 Å². The molecule has 1 aromatic carbocycles. The molecule has 23 heavy (non-hydrogen) atoms. The molecule has 0 aliphatic heterocycles. The van der Waals surface area contributed by atoms with E-state index in [1.165, 1.54) is 0 Å². The molecule has 5 nitrogen and oxygen atoms in total. The van der Waals surface area contributed by atoms with Crippen LogP contribution in [0.1, 0.15) is 47.9 Å². The van der Waals surface area contributed by atoms with Crippen molar-refractivity contribution in [2.45, 2.75) is 46.1 Å². The van der Waals surface area contributed by atoms with E-state index in [0.717, 1.165) is 36.3 Å². The third-order valence-corrected chi connectivity index (χ3v) is 4.05. The summed E-state index contributed by atoms with van der Waals surface area (Å²) < 4.78 is 1.81. The van der Waals surface area contributed by atoms with E-state index in [0.29, 0.717) is 12.1 Å². The molecular weight excluding hydrogens is 288 g/mol. The summed E-state index contributed by atoms with van der Waals surface area (Å²) in [6.07, 6.45) is 3.06. The van der Waals surface area contributed by atoms with Crippen molar-refractivity contribution in [2.75, 3.05) is 6.54 Å². The topological polar surface area (TPSA) is 72.9 Å². The van der Waals surface area contributed by atoms with E-state index < -0.39 is 0 Å². The number of para-hydroxylation sites is 1. The lowest BCUT2D eigenvalue weighted by Crippen LogP contribution is -2.40. The van der Waals surface area contributed by atoms with Crippen molar-refractivity contribution in [1.82, 2.24) is 15.1 Å². The van der Waals surface area contributed by atoms with E-state index in [-0.39, 0.29) is 11.9 Å². The van der Waals surface area contributed by atoms with Gasteiger partial charge in [0.25, 0.3) is 5.91 Å². The van der Waals surface area contributed by atoms with Gasteiger partial charge in [0.2, 0.25) is 0 Å². The summed E-state index contributed by atoms with van der Waals surface area (Å²) in [5.41, 5.74) is 8.95. The quantitative estimate of drug-likeness (QED) is 0.825. The number of nitrogens with two attached hydrogens (primary N) is 1. The fraction of sp³-hybridized carbons (Fsp3) is 0.444. The third-order valence-electron chi connectivity index (χ3n) is 4.05. The van der Waals surface area contributed by atoms with E-state index in [1.807, 2.05) is 48.9 Å². The molecule has 5 heteroatoms. The van der Waals surface area contributed by atoms with Crippen LogP contribution < -0.4 is 11.1 Å². The van der Waals surface area contributed by atoms with E-state index in [4.69, 9.17) is 5.73 Å². The number of amides is 1. The molecule has 0 radical (unpaired) electrons. The number of nitrogens with one attached hydrogen (secondary N) is 1. The average molecular weight is 314 g/mol. The standard InChI is InChI=1S/C18H26N4O/c1-4-5-9-15(12-19)20-18(23)17-13(2)21-22(14(17)3)16-10-7-6-8-11-16/h6-8,10-11,15H,4-5,9,12,19H2,1-3H3,(H,20,23). The van der Waals surface area contributed by atoms with Gasteiger partial charge >= 0.3 is 0 Å². The van der Waals surface area contributed by atoms with Gasteiger partial charge in [0.1, 0.15) is 0 Å². The van der Waals surface area contributed by atoms with Crippen molar-refractivity contribution < 1.29 is 4.79 Å². The highest BCUT2D eigenvalue weighted by Crippen LogP contribution is 2.18. The van der Waals surface area contributed by atoms with Crippen molar-refractivity contribution in [3.63, 3.8) is 0 Å². The summed E-state index contributed by atoms with van der Waals surface area (Å²) in [6, 6.07) is 9.85. The Morgan fingerprint density at radius 2 is 2.00 bits per heavy atom. The lowest BCUT2D eigenvalue weighted by molar-refractivity contribution is 0.0934. The van der Waals surface area contributed by atoms with Crippen molar-refractivity contribution in [3.8, 4) is 5.69 Å². The predicted molar refractivity (Wildman–Crippen MR) is 92.9 cm³/mol. The van der Waals surface area contributed by atoms with Crippen LogP contribution in [0, 0.1) is 13.8 Å². The zero-order chi connectivity index (χ0) is 16.8. The Kier molecular flexibility index (Phi) is 5.93. The molecule has 124 valence electrons. The van der Waals surface area contributed by atoms with Gasteiger partial charge in [-0.3, -0.25) is 4.79 Å². The first kappa shape index (κ1) is 17.2. The van der Waals surface area contributed by atoms with Crippen LogP contribution in [0.5, 0.6) is 0 Å². The monoisotopic (exact) mass is 314 g/mol. The summed E-state index contributed by atoms with van der Waals surface area (Å²) in [7, 11) is 0. The molecule has 1 atom stereocenters. The van der Waals surface area contributed by atoms with Crippen molar-refractivity contribution in [1.29, 1.82) is 0 Å². The van der Waals surface area contributed by atoms with Crippen LogP contribution in [0.2, 0.25) is 0 Å². The maximum Gasteiger partial charge on any atom is 0.255 e. The van der Waals surface area contributed by atoms with Gasteiger partial charge in [-0.05, 0) is 32.4 Å². The Hall–Kier alpha value is -2.14. The zero-order valence-corrected chi connectivity index (χ0v) is 14.2. The second-order valence-electron chi connectivity index (χ2n) is 5.84. The molecule has 0 saturated carbocycles. The molecule has 0 bridgehead atoms.